The summed E-state index contributed by atoms with van der Waals surface area (Å²) in [6, 6.07) is 15.3. The van der Waals surface area contributed by atoms with Gasteiger partial charge in [0, 0.05) is 10.0 Å². The molecule has 0 bridgehead atoms. The van der Waals surface area contributed by atoms with E-state index in [9.17, 15) is 5.11 Å². The summed E-state index contributed by atoms with van der Waals surface area (Å²) < 4.78 is 0.884. The first-order valence-corrected chi connectivity index (χ1v) is 5.10. The van der Waals surface area contributed by atoms with Crippen molar-refractivity contribution in [3.63, 3.8) is 0 Å². The van der Waals surface area contributed by atoms with Crippen LogP contribution in [0.1, 0.15) is 0 Å². The molecule has 2 heteroatoms. The predicted octanol–water partition coefficient (Wildman–Crippen LogP) is 3.82. The number of phenolic OH excluding ortho intramolecular Hbond substituents is 1. The van der Waals surface area contributed by atoms with Crippen LogP contribution in [-0.2, 0) is 0 Å². The summed E-state index contributed by atoms with van der Waals surface area (Å²) in [5.41, 5.74) is 1.88. The van der Waals surface area contributed by atoms with Crippen molar-refractivity contribution in [2.75, 3.05) is 0 Å². The normalized spacial score (nSPS) is 10.1. The van der Waals surface area contributed by atoms with E-state index in [2.05, 4.69) is 15.9 Å². The molecule has 14 heavy (non-hydrogen) atoms. The molecule has 1 N–H and O–H groups in total. The van der Waals surface area contributed by atoms with Crippen LogP contribution in [0.3, 0.4) is 0 Å². The molecule has 0 amide bonds. The zero-order valence-electron chi connectivity index (χ0n) is 7.44. The smallest absolute Gasteiger partial charge is 0.124 e. The molecule has 1 nitrogen and oxygen atoms in total. The molecule has 0 heterocycles. The fraction of sp³-hybridized carbons (Fsp3) is 0. The molecule has 0 aliphatic heterocycles. The fourth-order valence-electron chi connectivity index (χ4n) is 1.37. The average Bonchev–Trinajstić information content (AvgIpc) is 2.19. The fourth-order valence-corrected chi connectivity index (χ4v) is 1.72. The van der Waals surface area contributed by atoms with Crippen LogP contribution < -0.4 is 0 Å². The highest BCUT2D eigenvalue weighted by molar-refractivity contribution is 9.10. The van der Waals surface area contributed by atoms with Crippen molar-refractivity contribution in [2.24, 2.45) is 0 Å². The highest BCUT2D eigenvalue weighted by atomic mass is 79.9. The standard InChI is InChI=1S/C12H9BrO/c13-10-6-7-11(12(14)8-10)9-4-2-1-3-5-9/h1-8,14H. The summed E-state index contributed by atoms with van der Waals surface area (Å²) in [7, 11) is 0. The summed E-state index contributed by atoms with van der Waals surface area (Å²) in [5, 5.41) is 9.71. The molecule has 0 aliphatic carbocycles. The first-order chi connectivity index (χ1) is 6.77. The molecule has 0 saturated carbocycles. The number of rotatable bonds is 1. The molecule has 0 spiro atoms. The summed E-state index contributed by atoms with van der Waals surface area (Å²) in [6.07, 6.45) is 0. The molecule has 2 aromatic rings. The highest BCUT2D eigenvalue weighted by Gasteiger charge is 2.02. The molecule has 0 fully saturated rings. The number of aromatic hydroxyl groups is 1. The Labute approximate surface area is 91.2 Å². The van der Waals surface area contributed by atoms with Crippen LogP contribution in [0.5, 0.6) is 5.75 Å². The van der Waals surface area contributed by atoms with Crippen molar-refractivity contribution in [3.8, 4) is 16.9 Å². The first kappa shape index (κ1) is 9.28. The van der Waals surface area contributed by atoms with Gasteiger partial charge in [0.05, 0.1) is 0 Å². The van der Waals surface area contributed by atoms with E-state index in [-0.39, 0.29) is 0 Å². The van der Waals surface area contributed by atoms with E-state index < -0.39 is 0 Å². The molecular formula is C12H9BrO. The Morgan fingerprint density at radius 2 is 1.64 bits per heavy atom. The lowest BCUT2D eigenvalue weighted by Gasteiger charge is -2.04. The van der Waals surface area contributed by atoms with Gasteiger partial charge in [-0.05, 0) is 23.8 Å². The van der Waals surface area contributed by atoms with Gasteiger partial charge in [-0.2, -0.15) is 0 Å². The largest absolute Gasteiger partial charge is 0.507 e. The zero-order chi connectivity index (χ0) is 9.97. The number of halogens is 1. The molecule has 0 radical (unpaired) electrons. The molecule has 0 saturated heterocycles. The third-order valence-corrected chi connectivity index (χ3v) is 2.54. The van der Waals surface area contributed by atoms with E-state index in [1.807, 2.05) is 42.5 Å². The Morgan fingerprint density at radius 3 is 2.29 bits per heavy atom. The maximum Gasteiger partial charge on any atom is 0.124 e. The average molecular weight is 249 g/mol. The maximum atomic E-state index is 9.71. The van der Waals surface area contributed by atoms with Gasteiger partial charge in [0.1, 0.15) is 5.75 Å². The lowest BCUT2D eigenvalue weighted by Crippen LogP contribution is -1.78. The van der Waals surface area contributed by atoms with Crippen LogP contribution in [0.25, 0.3) is 11.1 Å². The zero-order valence-corrected chi connectivity index (χ0v) is 9.03. The van der Waals surface area contributed by atoms with Crippen molar-refractivity contribution in [2.45, 2.75) is 0 Å². The lowest BCUT2D eigenvalue weighted by molar-refractivity contribution is 0.477. The van der Waals surface area contributed by atoms with Gasteiger partial charge in [0.2, 0.25) is 0 Å². The van der Waals surface area contributed by atoms with Gasteiger partial charge >= 0.3 is 0 Å². The van der Waals surface area contributed by atoms with Crippen LogP contribution in [-0.4, -0.2) is 5.11 Å². The van der Waals surface area contributed by atoms with Crippen molar-refractivity contribution >= 4 is 15.9 Å². The third kappa shape index (κ3) is 1.80. The summed E-state index contributed by atoms with van der Waals surface area (Å²) >= 11 is 3.31. The number of benzene rings is 2. The van der Waals surface area contributed by atoms with Crippen LogP contribution >= 0.6 is 15.9 Å². The van der Waals surface area contributed by atoms with E-state index in [1.165, 1.54) is 0 Å². The van der Waals surface area contributed by atoms with Crippen LogP contribution in [0.15, 0.2) is 53.0 Å². The van der Waals surface area contributed by atoms with E-state index >= 15 is 0 Å². The minimum absolute atomic E-state index is 0.297. The molecule has 0 unspecified atom stereocenters. The van der Waals surface area contributed by atoms with Crippen LogP contribution in [0, 0.1) is 0 Å². The molecule has 0 aromatic heterocycles. The van der Waals surface area contributed by atoms with Gasteiger partial charge in [-0.3, -0.25) is 0 Å². The van der Waals surface area contributed by atoms with Gasteiger partial charge in [-0.25, -0.2) is 0 Å². The predicted molar refractivity (Wildman–Crippen MR) is 61.2 cm³/mol. The quantitative estimate of drug-likeness (QED) is 0.814. The Kier molecular flexibility index (Phi) is 2.55. The summed E-state index contributed by atoms with van der Waals surface area (Å²) in [5.74, 6) is 0.297. The monoisotopic (exact) mass is 248 g/mol. The second-order valence-corrected chi connectivity index (χ2v) is 3.94. The number of phenols is 1. The van der Waals surface area contributed by atoms with Gasteiger partial charge < -0.3 is 5.11 Å². The lowest BCUT2D eigenvalue weighted by atomic mass is 10.1. The third-order valence-electron chi connectivity index (χ3n) is 2.04. The van der Waals surface area contributed by atoms with Crippen LogP contribution in [0.2, 0.25) is 0 Å². The van der Waals surface area contributed by atoms with Crippen molar-refractivity contribution < 1.29 is 5.11 Å². The second kappa shape index (κ2) is 3.84. The Morgan fingerprint density at radius 1 is 0.929 bits per heavy atom. The number of hydrogen-bond donors (Lipinski definition) is 1. The van der Waals surface area contributed by atoms with E-state index in [0.29, 0.717) is 5.75 Å². The SMILES string of the molecule is Oc1cc(Br)ccc1-c1ccccc1. The van der Waals surface area contributed by atoms with Crippen LogP contribution in [0.4, 0.5) is 0 Å². The second-order valence-electron chi connectivity index (χ2n) is 3.03. The Balaban J connectivity index is 2.53. The van der Waals surface area contributed by atoms with Crippen molar-refractivity contribution in [1.29, 1.82) is 0 Å². The van der Waals surface area contributed by atoms with Crippen molar-refractivity contribution in [1.82, 2.24) is 0 Å². The molecule has 0 aliphatic rings. The van der Waals surface area contributed by atoms with Gasteiger partial charge in [0.25, 0.3) is 0 Å². The van der Waals surface area contributed by atoms with Gasteiger partial charge in [-0.15, -0.1) is 0 Å². The van der Waals surface area contributed by atoms with Crippen molar-refractivity contribution in [3.05, 3.63) is 53.0 Å². The molecule has 2 aromatic carbocycles. The van der Waals surface area contributed by atoms with E-state index in [1.54, 1.807) is 6.07 Å². The van der Waals surface area contributed by atoms with E-state index in [4.69, 9.17) is 0 Å². The highest BCUT2D eigenvalue weighted by Crippen LogP contribution is 2.31. The number of hydrogen-bond acceptors (Lipinski definition) is 1. The molecule has 2 rings (SSSR count). The topological polar surface area (TPSA) is 20.2 Å². The van der Waals surface area contributed by atoms with E-state index in [0.717, 1.165) is 15.6 Å². The minimum atomic E-state index is 0.297. The maximum absolute atomic E-state index is 9.71. The molecule has 70 valence electrons. The minimum Gasteiger partial charge on any atom is -0.507 e. The summed E-state index contributed by atoms with van der Waals surface area (Å²) in [4.78, 5) is 0. The summed E-state index contributed by atoms with van der Waals surface area (Å²) in [6.45, 7) is 0. The Bertz CT molecular complexity index is 437. The van der Waals surface area contributed by atoms with Gasteiger partial charge in [0.15, 0.2) is 0 Å². The first-order valence-electron chi connectivity index (χ1n) is 4.31. The van der Waals surface area contributed by atoms with Gasteiger partial charge in [-0.1, -0.05) is 46.3 Å². The molecule has 0 atom stereocenters. The Hall–Kier alpha value is -1.28. The molecular weight excluding hydrogens is 240 g/mol.